The number of piperidine rings is 1. The lowest BCUT2D eigenvalue weighted by Gasteiger charge is -2.47. The van der Waals surface area contributed by atoms with E-state index in [2.05, 4.69) is 20.1 Å². The number of aromatic nitrogens is 4. The van der Waals surface area contributed by atoms with Crippen LogP contribution in [0.25, 0.3) is 5.65 Å². The van der Waals surface area contributed by atoms with Gasteiger partial charge in [0.15, 0.2) is 11.5 Å². The molecule has 0 aliphatic carbocycles. The molecule has 2 fully saturated rings. The first-order chi connectivity index (χ1) is 9.24. The van der Waals surface area contributed by atoms with Gasteiger partial charge in [0.2, 0.25) is 0 Å². The van der Waals surface area contributed by atoms with Gasteiger partial charge in [-0.1, -0.05) is 0 Å². The Hall–Kier alpha value is -1.69. The number of anilines is 1. The maximum absolute atomic E-state index is 5.74. The third-order valence-corrected chi connectivity index (χ3v) is 4.26. The second-order valence-corrected chi connectivity index (χ2v) is 5.47. The Balaban J connectivity index is 1.57. The van der Waals surface area contributed by atoms with E-state index in [0.717, 1.165) is 49.8 Å². The van der Waals surface area contributed by atoms with Crippen molar-refractivity contribution < 1.29 is 4.74 Å². The minimum Gasteiger partial charge on any atom is -0.375 e. The molecule has 2 aromatic heterocycles. The van der Waals surface area contributed by atoms with Crippen molar-refractivity contribution in [3.8, 4) is 0 Å². The number of hydrogen-bond donors (Lipinski definition) is 0. The Morgan fingerprint density at radius 2 is 1.95 bits per heavy atom. The molecule has 0 radical (unpaired) electrons. The monoisotopic (exact) mass is 259 g/mol. The van der Waals surface area contributed by atoms with Crippen molar-refractivity contribution in [2.24, 2.45) is 0 Å². The Bertz CT molecular complexity index is 609. The summed E-state index contributed by atoms with van der Waals surface area (Å²) in [6.07, 6.45) is 3.42. The van der Waals surface area contributed by atoms with Gasteiger partial charge in [-0.05, 0) is 38.3 Å². The van der Waals surface area contributed by atoms with Gasteiger partial charge in [-0.2, -0.15) is 0 Å². The van der Waals surface area contributed by atoms with E-state index in [1.165, 1.54) is 6.42 Å². The molecule has 4 rings (SSSR count). The van der Waals surface area contributed by atoms with E-state index in [0.29, 0.717) is 0 Å². The number of fused-ring (bicyclic) bond motifs is 1. The van der Waals surface area contributed by atoms with E-state index in [-0.39, 0.29) is 5.60 Å². The number of aryl methyl sites for hydroxylation is 1. The molecule has 0 atom stereocenters. The van der Waals surface area contributed by atoms with Gasteiger partial charge >= 0.3 is 0 Å². The molecular formula is C13H17N5O. The van der Waals surface area contributed by atoms with E-state index in [1.807, 2.05) is 19.1 Å². The summed E-state index contributed by atoms with van der Waals surface area (Å²) in [7, 11) is 0. The second-order valence-electron chi connectivity index (χ2n) is 5.47. The van der Waals surface area contributed by atoms with Crippen LogP contribution < -0.4 is 4.90 Å². The van der Waals surface area contributed by atoms with Crippen LogP contribution in [0.4, 0.5) is 5.82 Å². The highest BCUT2D eigenvalue weighted by Crippen LogP contribution is 2.37. The maximum Gasteiger partial charge on any atom is 0.176 e. The molecule has 2 aromatic rings. The smallest absolute Gasteiger partial charge is 0.176 e. The summed E-state index contributed by atoms with van der Waals surface area (Å²) in [5.41, 5.74) is 0.988. The molecular weight excluding hydrogens is 242 g/mol. The highest BCUT2D eigenvalue weighted by atomic mass is 16.5. The number of hydrogen-bond acceptors (Lipinski definition) is 5. The number of rotatable bonds is 1. The Kier molecular flexibility index (Phi) is 2.29. The van der Waals surface area contributed by atoms with Gasteiger partial charge in [0, 0.05) is 13.1 Å². The van der Waals surface area contributed by atoms with Gasteiger partial charge in [-0.3, -0.25) is 0 Å². The molecule has 100 valence electrons. The maximum atomic E-state index is 5.74. The first kappa shape index (κ1) is 11.2. The standard InChI is InChI=1S/C13H17N5O/c1-10-14-11-2-3-12(16-18(11)15-10)17-7-4-13(5-8-17)6-9-19-13/h2-3H,4-9H2,1H3. The van der Waals surface area contributed by atoms with Crippen LogP contribution in [0, 0.1) is 6.92 Å². The predicted octanol–water partition coefficient (Wildman–Crippen LogP) is 1.19. The molecule has 0 bridgehead atoms. The topological polar surface area (TPSA) is 55.5 Å². The molecule has 0 aromatic carbocycles. The van der Waals surface area contributed by atoms with Crippen LogP contribution in [-0.4, -0.2) is 45.1 Å². The summed E-state index contributed by atoms with van der Waals surface area (Å²) in [6, 6.07) is 4.01. The Labute approximate surface area is 111 Å². The quantitative estimate of drug-likeness (QED) is 0.770. The van der Waals surface area contributed by atoms with Crippen molar-refractivity contribution in [1.82, 2.24) is 19.8 Å². The Morgan fingerprint density at radius 3 is 2.63 bits per heavy atom. The van der Waals surface area contributed by atoms with Gasteiger partial charge in [-0.15, -0.1) is 14.8 Å². The molecule has 0 N–H and O–H groups in total. The molecule has 0 saturated carbocycles. The molecule has 2 aliphatic rings. The summed E-state index contributed by atoms with van der Waals surface area (Å²) in [4.78, 5) is 6.60. The molecule has 4 heterocycles. The zero-order valence-corrected chi connectivity index (χ0v) is 11.0. The molecule has 19 heavy (non-hydrogen) atoms. The average Bonchev–Trinajstić information content (AvgIpc) is 2.76. The van der Waals surface area contributed by atoms with Crippen molar-refractivity contribution in [1.29, 1.82) is 0 Å². The van der Waals surface area contributed by atoms with Crippen molar-refractivity contribution in [3.63, 3.8) is 0 Å². The van der Waals surface area contributed by atoms with Crippen LogP contribution in [0.15, 0.2) is 12.1 Å². The zero-order chi connectivity index (χ0) is 12.9. The minimum atomic E-state index is 0.185. The highest BCUT2D eigenvalue weighted by Gasteiger charge is 2.41. The summed E-state index contributed by atoms with van der Waals surface area (Å²) in [5, 5.41) is 8.81. The SMILES string of the molecule is Cc1nc2ccc(N3CCC4(CCO4)CC3)nn2n1. The molecule has 2 aliphatic heterocycles. The number of ether oxygens (including phenoxy) is 1. The highest BCUT2D eigenvalue weighted by molar-refractivity contribution is 5.45. The van der Waals surface area contributed by atoms with E-state index in [9.17, 15) is 0 Å². The fraction of sp³-hybridized carbons (Fsp3) is 0.615. The van der Waals surface area contributed by atoms with Crippen LogP contribution in [-0.2, 0) is 4.74 Å². The predicted molar refractivity (Wildman–Crippen MR) is 70.3 cm³/mol. The van der Waals surface area contributed by atoms with Crippen LogP contribution >= 0.6 is 0 Å². The molecule has 2 saturated heterocycles. The largest absolute Gasteiger partial charge is 0.375 e. The van der Waals surface area contributed by atoms with Crippen molar-refractivity contribution in [3.05, 3.63) is 18.0 Å². The summed E-state index contributed by atoms with van der Waals surface area (Å²) in [6.45, 7) is 4.83. The van der Waals surface area contributed by atoms with Gasteiger partial charge in [0.25, 0.3) is 0 Å². The van der Waals surface area contributed by atoms with Crippen molar-refractivity contribution in [2.75, 3.05) is 24.6 Å². The van der Waals surface area contributed by atoms with Crippen LogP contribution in [0.5, 0.6) is 0 Å². The zero-order valence-electron chi connectivity index (χ0n) is 11.0. The first-order valence-corrected chi connectivity index (χ1v) is 6.84. The lowest BCUT2D eigenvalue weighted by Crippen LogP contribution is -2.52. The summed E-state index contributed by atoms with van der Waals surface area (Å²) in [5.74, 6) is 1.73. The van der Waals surface area contributed by atoms with Crippen LogP contribution in [0.2, 0.25) is 0 Å². The van der Waals surface area contributed by atoms with Crippen molar-refractivity contribution >= 4 is 11.5 Å². The lowest BCUT2D eigenvalue weighted by atomic mass is 9.84. The van der Waals surface area contributed by atoms with Crippen molar-refractivity contribution in [2.45, 2.75) is 31.8 Å². The Morgan fingerprint density at radius 1 is 1.16 bits per heavy atom. The average molecular weight is 259 g/mol. The third-order valence-electron chi connectivity index (χ3n) is 4.26. The van der Waals surface area contributed by atoms with Gasteiger partial charge in [0.05, 0.1) is 12.2 Å². The van der Waals surface area contributed by atoms with Gasteiger partial charge in [0.1, 0.15) is 5.82 Å². The fourth-order valence-electron chi connectivity index (χ4n) is 2.98. The summed E-state index contributed by atoms with van der Waals surface area (Å²) < 4.78 is 7.36. The van der Waals surface area contributed by atoms with Gasteiger partial charge in [-0.25, -0.2) is 4.98 Å². The molecule has 0 amide bonds. The fourth-order valence-corrected chi connectivity index (χ4v) is 2.98. The second kappa shape index (κ2) is 3.90. The van der Waals surface area contributed by atoms with E-state index < -0.39 is 0 Å². The first-order valence-electron chi connectivity index (χ1n) is 6.84. The molecule has 0 unspecified atom stereocenters. The molecule has 6 heteroatoms. The van der Waals surface area contributed by atoms with Gasteiger partial charge < -0.3 is 9.64 Å². The minimum absolute atomic E-state index is 0.185. The van der Waals surface area contributed by atoms with E-state index in [4.69, 9.17) is 4.74 Å². The third kappa shape index (κ3) is 1.78. The van der Waals surface area contributed by atoms with E-state index >= 15 is 0 Å². The molecule has 1 spiro atoms. The number of nitrogens with zero attached hydrogens (tertiary/aromatic N) is 5. The van der Waals surface area contributed by atoms with Crippen LogP contribution in [0.1, 0.15) is 25.1 Å². The normalized spacial score (nSPS) is 21.8. The van der Waals surface area contributed by atoms with E-state index in [1.54, 1.807) is 4.63 Å². The lowest BCUT2D eigenvalue weighted by molar-refractivity contribution is -0.158. The summed E-state index contributed by atoms with van der Waals surface area (Å²) >= 11 is 0. The molecule has 6 nitrogen and oxygen atoms in total. The van der Waals surface area contributed by atoms with Crippen LogP contribution in [0.3, 0.4) is 0 Å².